The molecule has 0 aromatic heterocycles. The van der Waals surface area contributed by atoms with Crippen LogP contribution in [0.25, 0.3) is 0 Å². The van der Waals surface area contributed by atoms with Gasteiger partial charge in [0.05, 0.1) is 5.71 Å². The topological polar surface area (TPSA) is 15.6 Å². The van der Waals surface area contributed by atoms with Crippen molar-refractivity contribution < 1.29 is 0 Å². The maximum Gasteiger partial charge on any atom is 0.0504 e. The molecule has 1 atom stereocenters. The SMILES string of the molecule is CCC(=NN(C)C)C(C)SC. The Hall–Kier alpha value is -0.180. The summed E-state index contributed by atoms with van der Waals surface area (Å²) in [6.07, 6.45) is 3.16. The van der Waals surface area contributed by atoms with Gasteiger partial charge in [-0.3, -0.25) is 0 Å². The molecule has 0 aromatic rings. The zero-order valence-electron chi connectivity index (χ0n) is 8.09. The Labute approximate surface area is 74.0 Å². The molecule has 11 heavy (non-hydrogen) atoms. The predicted octanol–water partition coefficient (Wildman–Crippen LogP) is 2.07. The van der Waals surface area contributed by atoms with E-state index in [-0.39, 0.29) is 0 Å². The molecule has 0 saturated heterocycles. The molecule has 0 amide bonds. The van der Waals surface area contributed by atoms with Gasteiger partial charge in [0.15, 0.2) is 0 Å². The fourth-order valence-electron chi connectivity index (χ4n) is 0.832. The minimum Gasteiger partial charge on any atom is -0.303 e. The lowest BCUT2D eigenvalue weighted by Crippen LogP contribution is -2.16. The molecule has 0 rings (SSSR count). The molecule has 66 valence electrons. The van der Waals surface area contributed by atoms with Crippen LogP contribution in [0.1, 0.15) is 20.3 Å². The zero-order chi connectivity index (χ0) is 8.85. The van der Waals surface area contributed by atoms with Crippen molar-refractivity contribution in [1.29, 1.82) is 0 Å². The molecule has 0 aromatic carbocycles. The number of nitrogens with zero attached hydrogens (tertiary/aromatic N) is 2. The van der Waals surface area contributed by atoms with Crippen molar-refractivity contribution in [3.63, 3.8) is 0 Å². The molecular formula is C8H18N2S. The van der Waals surface area contributed by atoms with Crippen molar-refractivity contribution in [2.75, 3.05) is 20.4 Å². The summed E-state index contributed by atoms with van der Waals surface area (Å²) in [4.78, 5) is 0. The lowest BCUT2D eigenvalue weighted by Gasteiger charge is -2.13. The number of hydrogen-bond donors (Lipinski definition) is 0. The van der Waals surface area contributed by atoms with Crippen molar-refractivity contribution in [3.05, 3.63) is 0 Å². The third kappa shape index (κ3) is 4.30. The molecule has 0 bridgehead atoms. The van der Waals surface area contributed by atoms with Crippen LogP contribution in [0.15, 0.2) is 5.10 Å². The first kappa shape index (κ1) is 10.8. The molecule has 0 aliphatic heterocycles. The molecule has 2 nitrogen and oxygen atoms in total. The lowest BCUT2D eigenvalue weighted by molar-refractivity contribution is 0.435. The quantitative estimate of drug-likeness (QED) is 0.479. The minimum atomic E-state index is 0.544. The van der Waals surface area contributed by atoms with Crippen molar-refractivity contribution in [3.8, 4) is 0 Å². The smallest absolute Gasteiger partial charge is 0.0504 e. The lowest BCUT2D eigenvalue weighted by atomic mass is 10.2. The molecule has 0 heterocycles. The van der Waals surface area contributed by atoms with E-state index < -0.39 is 0 Å². The number of hydrogen-bond acceptors (Lipinski definition) is 3. The van der Waals surface area contributed by atoms with Crippen LogP contribution in [0, 0.1) is 0 Å². The first-order valence-electron chi connectivity index (χ1n) is 3.89. The third-order valence-electron chi connectivity index (χ3n) is 1.51. The Kier molecular flexibility index (Phi) is 5.38. The van der Waals surface area contributed by atoms with E-state index in [0.717, 1.165) is 6.42 Å². The normalized spacial score (nSPS) is 14.8. The summed E-state index contributed by atoms with van der Waals surface area (Å²) in [5, 5.41) is 6.81. The van der Waals surface area contributed by atoms with Crippen molar-refractivity contribution >= 4 is 17.5 Å². The summed E-state index contributed by atoms with van der Waals surface area (Å²) in [6, 6.07) is 0. The second-order valence-corrected chi connectivity index (χ2v) is 3.85. The standard InChI is InChI=1S/C8H18N2S/c1-6-8(7(2)11-5)9-10(3)4/h7H,6H2,1-5H3. The predicted molar refractivity (Wildman–Crippen MR) is 54.4 cm³/mol. The van der Waals surface area contributed by atoms with Gasteiger partial charge in [0.25, 0.3) is 0 Å². The fraction of sp³-hybridized carbons (Fsp3) is 0.875. The first-order valence-corrected chi connectivity index (χ1v) is 5.18. The van der Waals surface area contributed by atoms with Gasteiger partial charge in [-0.25, -0.2) is 0 Å². The van der Waals surface area contributed by atoms with E-state index in [4.69, 9.17) is 0 Å². The summed E-state index contributed by atoms with van der Waals surface area (Å²) < 4.78 is 0. The molecule has 3 heteroatoms. The van der Waals surface area contributed by atoms with Crippen LogP contribution >= 0.6 is 11.8 Å². The van der Waals surface area contributed by atoms with E-state index in [1.807, 2.05) is 30.9 Å². The van der Waals surface area contributed by atoms with E-state index in [9.17, 15) is 0 Å². The highest BCUT2D eigenvalue weighted by Crippen LogP contribution is 2.09. The highest BCUT2D eigenvalue weighted by Gasteiger charge is 2.06. The van der Waals surface area contributed by atoms with Crippen molar-refractivity contribution in [1.82, 2.24) is 5.01 Å². The van der Waals surface area contributed by atoms with E-state index in [1.165, 1.54) is 5.71 Å². The van der Waals surface area contributed by atoms with E-state index >= 15 is 0 Å². The second-order valence-electron chi connectivity index (χ2n) is 2.67. The summed E-state index contributed by atoms with van der Waals surface area (Å²) in [5.74, 6) is 0. The summed E-state index contributed by atoms with van der Waals surface area (Å²) in [5.41, 5.74) is 1.27. The molecular weight excluding hydrogens is 156 g/mol. The average molecular weight is 174 g/mol. The molecule has 0 saturated carbocycles. The van der Waals surface area contributed by atoms with Gasteiger partial charge in [-0.05, 0) is 19.6 Å². The third-order valence-corrected chi connectivity index (χ3v) is 2.49. The minimum absolute atomic E-state index is 0.544. The van der Waals surface area contributed by atoms with Gasteiger partial charge in [-0.15, -0.1) is 0 Å². The highest BCUT2D eigenvalue weighted by atomic mass is 32.2. The van der Waals surface area contributed by atoms with Crippen LogP contribution in [0.5, 0.6) is 0 Å². The van der Waals surface area contributed by atoms with E-state index in [0.29, 0.717) is 5.25 Å². The van der Waals surface area contributed by atoms with Gasteiger partial charge in [0.2, 0.25) is 0 Å². The average Bonchev–Trinajstić information content (AvgIpc) is 1.98. The van der Waals surface area contributed by atoms with Gasteiger partial charge in [0.1, 0.15) is 0 Å². The van der Waals surface area contributed by atoms with Gasteiger partial charge < -0.3 is 5.01 Å². The van der Waals surface area contributed by atoms with Crippen LogP contribution in [0.2, 0.25) is 0 Å². The number of hydrazone groups is 1. The fourth-order valence-corrected chi connectivity index (χ4v) is 1.32. The summed E-state index contributed by atoms with van der Waals surface area (Å²) in [7, 11) is 3.92. The van der Waals surface area contributed by atoms with Gasteiger partial charge >= 0.3 is 0 Å². The van der Waals surface area contributed by atoms with Crippen LogP contribution < -0.4 is 0 Å². The Morgan fingerprint density at radius 1 is 1.55 bits per heavy atom. The Morgan fingerprint density at radius 3 is 2.36 bits per heavy atom. The summed E-state index contributed by atoms with van der Waals surface area (Å²) >= 11 is 1.84. The molecule has 0 aliphatic rings. The molecule has 0 spiro atoms. The molecule has 1 unspecified atom stereocenters. The maximum atomic E-state index is 4.40. The van der Waals surface area contributed by atoms with Crippen molar-refractivity contribution in [2.45, 2.75) is 25.5 Å². The zero-order valence-corrected chi connectivity index (χ0v) is 8.90. The molecule has 0 radical (unpaired) electrons. The van der Waals surface area contributed by atoms with Crippen LogP contribution in [0.4, 0.5) is 0 Å². The summed E-state index contributed by atoms with van der Waals surface area (Å²) in [6.45, 7) is 4.34. The first-order chi connectivity index (χ1) is 5.11. The van der Waals surface area contributed by atoms with Crippen LogP contribution in [-0.4, -0.2) is 36.3 Å². The second kappa shape index (κ2) is 5.47. The Morgan fingerprint density at radius 2 is 2.09 bits per heavy atom. The monoisotopic (exact) mass is 174 g/mol. The Bertz CT molecular complexity index is 132. The molecule has 0 fully saturated rings. The van der Waals surface area contributed by atoms with E-state index in [2.05, 4.69) is 25.2 Å². The number of rotatable bonds is 4. The highest BCUT2D eigenvalue weighted by molar-refractivity contribution is 7.99. The molecule has 0 aliphatic carbocycles. The molecule has 0 N–H and O–H groups in total. The largest absolute Gasteiger partial charge is 0.303 e. The van der Waals surface area contributed by atoms with Crippen LogP contribution in [-0.2, 0) is 0 Å². The van der Waals surface area contributed by atoms with Gasteiger partial charge in [-0.2, -0.15) is 16.9 Å². The van der Waals surface area contributed by atoms with E-state index in [1.54, 1.807) is 0 Å². The van der Waals surface area contributed by atoms with Gasteiger partial charge in [-0.1, -0.05) is 6.92 Å². The van der Waals surface area contributed by atoms with Gasteiger partial charge in [0, 0.05) is 19.3 Å². The maximum absolute atomic E-state index is 4.40. The van der Waals surface area contributed by atoms with Crippen LogP contribution in [0.3, 0.4) is 0 Å². The number of thioether (sulfide) groups is 1. The Balaban J connectivity index is 4.14. The van der Waals surface area contributed by atoms with Crippen molar-refractivity contribution in [2.24, 2.45) is 5.10 Å².